The van der Waals surface area contributed by atoms with Crippen molar-refractivity contribution in [1.29, 1.82) is 0 Å². The van der Waals surface area contributed by atoms with Crippen LogP contribution in [0, 0.1) is 0 Å². The minimum absolute atomic E-state index is 0.353. The Morgan fingerprint density at radius 2 is 1.70 bits per heavy atom. The van der Waals surface area contributed by atoms with Gasteiger partial charge in [0.2, 0.25) is 0 Å². The summed E-state index contributed by atoms with van der Waals surface area (Å²) in [6.07, 6.45) is 1.57. The first-order valence-corrected chi connectivity index (χ1v) is 7.53. The van der Waals surface area contributed by atoms with E-state index in [9.17, 15) is 4.79 Å². The maximum Gasteiger partial charge on any atom is 0.411 e. The zero-order valence-electron chi connectivity index (χ0n) is 13.3. The molecule has 3 nitrogen and oxygen atoms in total. The largest absolute Gasteiger partial charge is 0.449 e. The van der Waals surface area contributed by atoms with Crippen LogP contribution in [0.4, 0.5) is 10.5 Å². The first-order valence-electron chi connectivity index (χ1n) is 7.53. The van der Waals surface area contributed by atoms with Crippen molar-refractivity contribution in [1.82, 2.24) is 0 Å². The molecule has 1 amide bonds. The van der Waals surface area contributed by atoms with Crippen LogP contribution in [0.15, 0.2) is 18.2 Å². The highest BCUT2D eigenvalue weighted by Gasteiger charge is 2.16. The van der Waals surface area contributed by atoms with Crippen molar-refractivity contribution in [3.8, 4) is 0 Å². The Balaban J connectivity index is 2.93. The molecule has 0 atom stereocenters. The van der Waals surface area contributed by atoms with E-state index in [4.69, 9.17) is 4.74 Å². The fraction of sp³-hybridized carbons (Fsp3) is 0.588. The maximum absolute atomic E-state index is 11.9. The van der Waals surface area contributed by atoms with Crippen LogP contribution in [0.2, 0.25) is 0 Å². The van der Waals surface area contributed by atoms with Gasteiger partial charge in [-0.05, 0) is 29.4 Å². The van der Waals surface area contributed by atoms with Crippen molar-refractivity contribution >= 4 is 11.8 Å². The Labute approximate surface area is 122 Å². The van der Waals surface area contributed by atoms with Crippen LogP contribution in [-0.4, -0.2) is 12.7 Å². The molecule has 0 saturated heterocycles. The molecule has 1 N–H and O–H groups in total. The summed E-state index contributed by atoms with van der Waals surface area (Å²) in [5.74, 6) is 0.722. The van der Waals surface area contributed by atoms with Crippen molar-refractivity contribution in [2.24, 2.45) is 0 Å². The number of ether oxygens (including phenoxy) is 1. The lowest BCUT2D eigenvalue weighted by Gasteiger charge is -2.20. The van der Waals surface area contributed by atoms with Crippen molar-refractivity contribution in [2.45, 2.75) is 59.3 Å². The number of benzene rings is 1. The first-order chi connectivity index (χ1) is 9.47. The summed E-state index contributed by atoms with van der Waals surface area (Å²) in [5.41, 5.74) is 3.23. The first kappa shape index (κ1) is 16.5. The number of hydrogen-bond donors (Lipinski definition) is 1. The predicted octanol–water partition coefficient (Wildman–Crippen LogP) is 5.28. The van der Waals surface area contributed by atoms with Crippen molar-refractivity contribution in [2.75, 3.05) is 11.9 Å². The molecule has 0 saturated carbocycles. The second-order valence-electron chi connectivity index (χ2n) is 5.74. The predicted molar refractivity (Wildman–Crippen MR) is 84.5 cm³/mol. The van der Waals surface area contributed by atoms with E-state index in [1.807, 2.05) is 0 Å². The number of unbranched alkanes of at least 4 members (excludes halogenated alkanes) is 1. The molecule has 0 fully saturated rings. The van der Waals surface area contributed by atoms with E-state index in [1.165, 1.54) is 0 Å². The van der Waals surface area contributed by atoms with Crippen LogP contribution in [-0.2, 0) is 4.74 Å². The van der Waals surface area contributed by atoms with Crippen LogP contribution in [0.25, 0.3) is 0 Å². The Morgan fingerprint density at radius 3 is 2.15 bits per heavy atom. The quantitative estimate of drug-likeness (QED) is 0.718. The van der Waals surface area contributed by atoms with Gasteiger partial charge in [0.15, 0.2) is 0 Å². The average molecular weight is 277 g/mol. The second kappa shape index (κ2) is 7.93. The summed E-state index contributed by atoms with van der Waals surface area (Å²) in [6.45, 7) is 11.1. The fourth-order valence-electron chi connectivity index (χ4n) is 2.14. The minimum Gasteiger partial charge on any atom is -0.449 e. The number of para-hydroxylation sites is 1. The van der Waals surface area contributed by atoms with Crippen LogP contribution in [0.1, 0.15) is 70.4 Å². The summed E-state index contributed by atoms with van der Waals surface area (Å²) in [4.78, 5) is 11.9. The Morgan fingerprint density at radius 1 is 1.15 bits per heavy atom. The maximum atomic E-state index is 11.9. The lowest BCUT2D eigenvalue weighted by Crippen LogP contribution is -2.17. The molecule has 0 aliphatic carbocycles. The standard InChI is InChI=1S/C17H27NO2/c1-6-7-11-20-17(19)18-16-14(12(2)3)9-8-10-15(16)13(4)5/h8-10,12-13H,6-7,11H2,1-5H3,(H,18,19). The highest BCUT2D eigenvalue weighted by Crippen LogP contribution is 2.32. The highest BCUT2D eigenvalue weighted by atomic mass is 16.5. The lowest BCUT2D eigenvalue weighted by molar-refractivity contribution is 0.160. The summed E-state index contributed by atoms with van der Waals surface area (Å²) < 4.78 is 5.21. The molecule has 0 spiro atoms. The number of carbonyl (C=O) groups excluding carboxylic acids is 1. The SMILES string of the molecule is CCCCOC(=O)Nc1c(C(C)C)cccc1C(C)C. The van der Waals surface area contributed by atoms with Gasteiger partial charge < -0.3 is 4.74 Å². The van der Waals surface area contributed by atoms with E-state index in [-0.39, 0.29) is 6.09 Å². The average Bonchev–Trinajstić information content (AvgIpc) is 2.38. The van der Waals surface area contributed by atoms with E-state index in [0.29, 0.717) is 18.4 Å². The molecular formula is C17H27NO2. The van der Waals surface area contributed by atoms with E-state index < -0.39 is 0 Å². The van der Waals surface area contributed by atoms with Crippen molar-refractivity contribution in [3.63, 3.8) is 0 Å². The molecule has 0 radical (unpaired) electrons. The number of hydrogen-bond acceptors (Lipinski definition) is 2. The number of rotatable bonds is 6. The molecule has 0 aromatic heterocycles. The monoisotopic (exact) mass is 277 g/mol. The third kappa shape index (κ3) is 4.55. The van der Waals surface area contributed by atoms with Crippen LogP contribution in [0.3, 0.4) is 0 Å². The molecule has 0 aliphatic rings. The summed E-state index contributed by atoms with van der Waals surface area (Å²) >= 11 is 0. The number of amides is 1. The zero-order chi connectivity index (χ0) is 15.1. The minimum atomic E-state index is -0.353. The molecular weight excluding hydrogens is 250 g/mol. The van der Waals surface area contributed by atoms with Gasteiger partial charge in [0.25, 0.3) is 0 Å². The Bertz CT molecular complexity index is 412. The topological polar surface area (TPSA) is 38.3 Å². The van der Waals surface area contributed by atoms with E-state index in [0.717, 1.165) is 29.7 Å². The summed E-state index contributed by atoms with van der Waals surface area (Å²) in [7, 11) is 0. The van der Waals surface area contributed by atoms with Crippen LogP contribution >= 0.6 is 0 Å². The Hall–Kier alpha value is -1.51. The molecule has 1 aromatic carbocycles. The van der Waals surface area contributed by atoms with Gasteiger partial charge in [-0.2, -0.15) is 0 Å². The van der Waals surface area contributed by atoms with Gasteiger partial charge >= 0.3 is 6.09 Å². The summed E-state index contributed by atoms with van der Waals surface area (Å²) in [6, 6.07) is 6.19. The fourth-order valence-corrected chi connectivity index (χ4v) is 2.14. The number of anilines is 1. The van der Waals surface area contributed by atoms with Gasteiger partial charge in [-0.1, -0.05) is 59.2 Å². The number of nitrogens with one attached hydrogen (secondary N) is 1. The molecule has 20 heavy (non-hydrogen) atoms. The molecule has 0 heterocycles. The molecule has 0 aliphatic heterocycles. The number of carbonyl (C=O) groups is 1. The van der Waals surface area contributed by atoms with E-state index in [2.05, 4.69) is 58.1 Å². The third-order valence-corrected chi connectivity index (χ3v) is 3.33. The zero-order valence-corrected chi connectivity index (χ0v) is 13.3. The molecule has 3 heteroatoms. The lowest BCUT2D eigenvalue weighted by atomic mass is 9.93. The van der Waals surface area contributed by atoms with Crippen LogP contribution < -0.4 is 5.32 Å². The normalized spacial score (nSPS) is 10.9. The summed E-state index contributed by atoms with van der Waals surface area (Å²) in [5, 5.41) is 2.94. The smallest absolute Gasteiger partial charge is 0.411 e. The van der Waals surface area contributed by atoms with Crippen molar-refractivity contribution < 1.29 is 9.53 Å². The van der Waals surface area contributed by atoms with Gasteiger partial charge in [0.1, 0.15) is 0 Å². The van der Waals surface area contributed by atoms with E-state index in [1.54, 1.807) is 0 Å². The molecule has 0 unspecified atom stereocenters. The molecule has 1 aromatic rings. The molecule has 1 rings (SSSR count). The van der Waals surface area contributed by atoms with Gasteiger partial charge in [-0.25, -0.2) is 4.79 Å². The molecule has 0 bridgehead atoms. The highest BCUT2D eigenvalue weighted by molar-refractivity contribution is 5.87. The second-order valence-corrected chi connectivity index (χ2v) is 5.74. The van der Waals surface area contributed by atoms with Crippen molar-refractivity contribution in [3.05, 3.63) is 29.3 Å². The molecule has 112 valence electrons. The van der Waals surface area contributed by atoms with Gasteiger partial charge in [0.05, 0.1) is 12.3 Å². The van der Waals surface area contributed by atoms with Gasteiger partial charge in [-0.3, -0.25) is 5.32 Å². The van der Waals surface area contributed by atoms with Gasteiger partial charge in [-0.15, -0.1) is 0 Å². The third-order valence-electron chi connectivity index (χ3n) is 3.33. The van der Waals surface area contributed by atoms with Gasteiger partial charge in [0, 0.05) is 0 Å². The van der Waals surface area contributed by atoms with Crippen LogP contribution in [0.5, 0.6) is 0 Å². The Kier molecular flexibility index (Phi) is 6.56. The van der Waals surface area contributed by atoms with E-state index >= 15 is 0 Å².